The Morgan fingerprint density at radius 3 is 2.21 bits per heavy atom. The molecule has 0 radical (unpaired) electrons. The molecule has 2 heteroatoms. The fourth-order valence-electron chi connectivity index (χ4n) is 2.27. The molecule has 0 unspecified atom stereocenters. The monoisotopic (exact) mass is 273 g/mol. The predicted molar refractivity (Wildman–Crippen MR) is 83.7 cm³/mol. The van der Waals surface area contributed by atoms with Crippen LogP contribution in [0.25, 0.3) is 11.1 Å². The molecule has 0 amide bonds. The number of nitrogens with one attached hydrogen (secondary N) is 1. The minimum atomic E-state index is 0.822. The third-order valence-corrected chi connectivity index (χ3v) is 3.53. The smallest absolute Gasteiger partial charge is 0.0457 e. The summed E-state index contributed by atoms with van der Waals surface area (Å²) in [6, 6.07) is 12.9. The van der Waals surface area contributed by atoms with Crippen LogP contribution in [-0.4, -0.2) is 6.54 Å². The molecule has 2 rings (SSSR count). The first-order chi connectivity index (χ1) is 9.10. The zero-order valence-electron chi connectivity index (χ0n) is 11.8. The van der Waals surface area contributed by atoms with Crippen molar-refractivity contribution in [2.45, 2.75) is 27.3 Å². The van der Waals surface area contributed by atoms with Crippen molar-refractivity contribution >= 4 is 11.6 Å². The van der Waals surface area contributed by atoms with Crippen LogP contribution in [0.5, 0.6) is 0 Å². The first-order valence-electron chi connectivity index (χ1n) is 6.68. The summed E-state index contributed by atoms with van der Waals surface area (Å²) in [4.78, 5) is 0. The SMILES string of the molecule is CCNCc1ccc(-c2cc(C)cc(C)c2)cc1Cl. The summed E-state index contributed by atoms with van der Waals surface area (Å²) < 4.78 is 0. The Kier molecular flexibility index (Phi) is 4.62. The van der Waals surface area contributed by atoms with Gasteiger partial charge in [-0.25, -0.2) is 0 Å². The average molecular weight is 274 g/mol. The second-order valence-corrected chi connectivity index (χ2v) is 5.37. The summed E-state index contributed by atoms with van der Waals surface area (Å²) in [5.74, 6) is 0. The lowest BCUT2D eigenvalue weighted by Gasteiger charge is -2.09. The van der Waals surface area contributed by atoms with Gasteiger partial charge in [0.1, 0.15) is 0 Å². The molecule has 0 fully saturated rings. The molecule has 19 heavy (non-hydrogen) atoms. The first-order valence-corrected chi connectivity index (χ1v) is 7.05. The van der Waals surface area contributed by atoms with Crippen LogP contribution in [0.3, 0.4) is 0 Å². The van der Waals surface area contributed by atoms with Crippen molar-refractivity contribution in [3.8, 4) is 11.1 Å². The maximum Gasteiger partial charge on any atom is 0.0457 e. The largest absolute Gasteiger partial charge is 0.313 e. The van der Waals surface area contributed by atoms with Gasteiger partial charge in [0.15, 0.2) is 0 Å². The topological polar surface area (TPSA) is 12.0 Å². The van der Waals surface area contributed by atoms with E-state index in [2.05, 4.69) is 62.5 Å². The van der Waals surface area contributed by atoms with Crippen molar-refractivity contribution in [3.63, 3.8) is 0 Å². The van der Waals surface area contributed by atoms with E-state index in [1.165, 1.54) is 22.3 Å². The number of aryl methyl sites for hydroxylation is 2. The number of benzene rings is 2. The van der Waals surface area contributed by atoms with Gasteiger partial charge in [-0.1, -0.05) is 60.0 Å². The minimum absolute atomic E-state index is 0.822. The van der Waals surface area contributed by atoms with E-state index in [0.717, 1.165) is 23.7 Å². The van der Waals surface area contributed by atoms with Crippen LogP contribution in [0.4, 0.5) is 0 Å². The van der Waals surface area contributed by atoms with Gasteiger partial charge in [-0.2, -0.15) is 0 Å². The van der Waals surface area contributed by atoms with Crippen LogP contribution in [0, 0.1) is 13.8 Å². The molecule has 2 aromatic rings. The van der Waals surface area contributed by atoms with E-state index in [-0.39, 0.29) is 0 Å². The van der Waals surface area contributed by atoms with Crippen LogP contribution in [0.15, 0.2) is 36.4 Å². The van der Waals surface area contributed by atoms with Crippen LogP contribution in [0.2, 0.25) is 5.02 Å². The summed E-state index contributed by atoms with van der Waals surface area (Å²) >= 11 is 6.35. The molecule has 0 spiro atoms. The number of halogens is 1. The Labute approximate surface area is 120 Å². The lowest BCUT2D eigenvalue weighted by atomic mass is 10.00. The molecule has 0 aliphatic carbocycles. The van der Waals surface area contributed by atoms with Crippen molar-refractivity contribution in [2.24, 2.45) is 0 Å². The van der Waals surface area contributed by atoms with Gasteiger partial charge in [-0.3, -0.25) is 0 Å². The molecule has 0 saturated carbocycles. The lowest BCUT2D eigenvalue weighted by Crippen LogP contribution is -2.11. The van der Waals surface area contributed by atoms with Crippen LogP contribution >= 0.6 is 11.6 Å². The average Bonchev–Trinajstić information content (AvgIpc) is 2.36. The van der Waals surface area contributed by atoms with Crippen molar-refractivity contribution in [1.29, 1.82) is 0 Å². The third kappa shape index (κ3) is 3.59. The number of hydrogen-bond donors (Lipinski definition) is 1. The highest BCUT2D eigenvalue weighted by molar-refractivity contribution is 6.31. The zero-order valence-corrected chi connectivity index (χ0v) is 12.5. The second kappa shape index (κ2) is 6.23. The lowest BCUT2D eigenvalue weighted by molar-refractivity contribution is 0.727. The standard InChI is InChI=1S/C17H20ClN/c1-4-19-11-15-6-5-14(10-17(15)18)16-8-12(2)7-13(3)9-16/h5-10,19H,4,11H2,1-3H3. The molecule has 1 nitrogen and oxygen atoms in total. The highest BCUT2D eigenvalue weighted by Crippen LogP contribution is 2.27. The van der Waals surface area contributed by atoms with Gasteiger partial charge in [-0.15, -0.1) is 0 Å². The van der Waals surface area contributed by atoms with E-state index in [9.17, 15) is 0 Å². The van der Waals surface area contributed by atoms with Crippen LogP contribution < -0.4 is 5.32 Å². The van der Waals surface area contributed by atoms with E-state index in [1.54, 1.807) is 0 Å². The van der Waals surface area contributed by atoms with Crippen molar-refractivity contribution in [3.05, 3.63) is 58.1 Å². The first kappa shape index (κ1) is 14.1. The Balaban J connectivity index is 2.33. The zero-order chi connectivity index (χ0) is 13.8. The van der Waals surface area contributed by atoms with Crippen molar-refractivity contribution in [2.75, 3.05) is 6.54 Å². The summed E-state index contributed by atoms with van der Waals surface area (Å²) in [5, 5.41) is 4.13. The third-order valence-electron chi connectivity index (χ3n) is 3.17. The summed E-state index contributed by atoms with van der Waals surface area (Å²) in [7, 11) is 0. The molecule has 0 saturated heterocycles. The number of rotatable bonds is 4. The Bertz CT molecular complexity index is 555. The fourth-order valence-corrected chi connectivity index (χ4v) is 2.52. The highest BCUT2D eigenvalue weighted by Gasteiger charge is 2.04. The maximum absolute atomic E-state index is 6.35. The summed E-state index contributed by atoms with van der Waals surface area (Å²) in [5.41, 5.74) is 6.12. The molecule has 0 aliphatic heterocycles. The maximum atomic E-state index is 6.35. The van der Waals surface area contributed by atoms with Gasteiger partial charge in [0.2, 0.25) is 0 Å². The van der Waals surface area contributed by atoms with Crippen molar-refractivity contribution in [1.82, 2.24) is 5.32 Å². The fraction of sp³-hybridized carbons (Fsp3) is 0.294. The molecular formula is C17H20ClN. The molecule has 0 aromatic heterocycles. The van der Waals surface area contributed by atoms with Gasteiger partial charge >= 0.3 is 0 Å². The van der Waals surface area contributed by atoms with E-state index < -0.39 is 0 Å². The predicted octanol–water partition coefficient (Wildman–Crippen LogP) is 4.73. The second-order valence-electron chi connectivity index (χ2n) is 4.96. The Morgan fingerprint density at radius 1 is 0.947 bits per heavy atom. The Hall–Kier alpha value is -1.31. The van der Waals surface area contributed by atoms with Gasteiger partial charge in [-0.05, 0) is 43.1 Å². The quantitative estimate of drug-likeness (QED) is 0.849. The highest BCUT2D eigenvalue weighted by atomic mass is 35.5. The van der Waals surface area contributed by atoms with Crippen LogP contribution in [-0.2, 0) is 6.54 Å². The molecular weight excluding hydrogens is 254 g/mol. The molecule has 0 atom stereocenters. The van der Waals surface area contributed by atoms with Crippen LogP contribution in [0.1, 0.15) is 23.6 Å². The van der Waals surface area contributed by atoms with E-state index in [4.69, 9.17) is 11.6 Å². The van der Waals surface area contributed by atoms with Gasteiger partial charge in [0.25, 0.3) is 0 Å². The molecule has 1 N–H and O–H groups in total. The molecule has 0 heterocycles. The van der Waals surface area contributed by atoms with E-state index >= 15 is 0 Å². The number of hydrogen-bond acceptors (Lipinski definition) is 1. The molecule has 0 aliphatic rings. The molecule has 2 aromatic carbocycles. The summed E-state index contributed by atoms with van der Waals surface area (Å²) in [6.07, 6.45) is 0. The van der Waals surface area contributed by atoms with E-state index in [1.807, 2.05) is 0 Å². The molecule has 0 bridgehead atoms. The van der Waals surface area contributed by atoms with Gasteiger partial charge in [0, 0.05) is 11.6 Å². The van der Waals surface area contributed by atoms with Gasteiger partial charge in [0.05, 0.1) is 0 Å². The molecule has 100 valence electrons. The van der Waals surface area contributed by atoms with Crippen molar-refractivity contribution < 1.29 is 0 Å². The summed E-state index contributed by atoms with van der Waals surface area (Å²) in [6.45, 7) is 8.12. The minimum Gasteiger partial charge on any atom is -0.313 e. The Morgan fingerprint density at radius 2 is 1.63 bits per heavy atom. The van der Waals surface area contributed by atoms with Gasteiger partial charge < -0.3 is 5.32 Å². The van der Waals surface area contributed by atoms with E-state index in [0.29, 0.717) is 0 Å². The normalized spacial score (nSPS) is 10.7.